The molecule has 1 heterocycles. The minimum atomic E-state index is -0.520. The number of halogens is 1. The fourth-order valence-electron chi connectivity index (χ4n) is 1.41. The summed E-state index contributed by atoms with van der Waals surface area (Å²) in [6.07, 6.45) is 1.77. The number of nitrogens with one attached hydrogen (secondary N) is 1. The van der Waals surface area contributed by atoms with E-state index in [0.29, 0.717) is 5.75 Å². The Balaban J connectivity index is 2.59. The van der Waals surface area contributed by atoms with E-state index in [1.165, 1.54) is 0 Å². The Labute approximate surface area is 115 Å². The summed E-state index contributed by atoms with van der Waals surface area (Å²) < 4.78 is 0.963. The highest BCUT2D eigenvalue weighted by Crippen LogP contribution is 2.22. The van der Waals surface area contributed by atoms with Crippen LogP contribution in [0.25, 0.3) is 0 Å². The van der Waals surface area contributed by atoms with E-state index < -0.39 is 5.54 Å². The zero-order chi connectivity index (χ0) is 12.9. The van der Waals surface area contributed by atoms with Crippen LogP contribution in [0.15, 0.2) is 27.8 Å². The van der Waals surface area contributed by atoms with E-state index in [-0.39, 0.29) is 6.04 Å². The van der Waals surface area contributed by atoms with Gasteiger partial charge < -0.3 is 0 Å². The third-order valence-electron chi connectivity index (χ3n) is 2.06. The largest absolute Gasteiger partial charge is 0.297 e. The summed E-state index contributed by atoms with van der Waals surface area (Å²) in [6, 6.07) is 6.51. The standard InChI is InChI=1S/C12H16BrN3S/c1-9(2)16-12(3,7-14)8-17-11-5-4-10(13)6-15-11/h4-6,9,16H,8H2,1-3H3. The van der Waals surface area contributed by atoms with Gasteiger partial charge in [-0.3, -0.25) is 5.32 Å². The molecule has 5 heteroatoms. The predicted octanol–water partition coefficient (Wildman–Crippen LogP) is 3.22. The predicted molar refractivity (Wildman–Crippen MR) is 75.0 cm³/mol. The highest BCUT2D eigenvalue weighted by atomic mass is 79.9. The minimum absolute atomic E-state index is 0.290. The molecule has 0 bridgehead atoms. The Morgan fingerprint density at radius 1 is 1.59 bits per heavy atom. The van der Waals surface area contributed by atoms with Crippen LogP contribution < -0.4 is 5.32 Å². The Kier molecular flexibility index (Phi) is 5.44. The van der Waals surface area contributed by atoms with Crippen LogP contribution in [0.2, 0.25) is 0 Å². The van der Waals surface area contributed by atoms with Crippen molar-refractivity contribution in [1.82, 2.24) is 10.3 Å². The van der Waals surface area contributed by atoms with E-state index in [9.17, 15) is 5.26 Å². The van der Waals surface area contributed by atoms with Gasteiger partial charge in [0.2, 0.25) is 0 Å². The Morgan fingerprint density at radius 3 is 2.76 bits per heavy atom. The summed E-state index contributed by atoms with van der Waals surface area (Å²) in [4.78, 5) is 4.27. The number of rotatable bonds is 5. The topological polar surface area (TPSA) is 48.7 Å². The normalized spacial score (nSPS) is 14.4. The lowest BCUT2D eigenvalue weighted by Gasteiger charge is -2.25. The number of hydrogen-bond acceptors (Lipinski definition) is 4. The lowest BCUT2D eigenvalue weighted by molar-refractivity contribution is 0.443. The van der Waals surface area contributed by atoms with E-state index >= 15 is 0 Å². The maximum atomic E-state index is 9.20. The molecule has 0 fully saturated rings. The first-order valence-corrected chi connectivity index (χ1v) is 7.16. The number of nitriles is 1. The number of nitrogens with zero attached hydrogens (tertiary/aromatic N) is 2. The molecule has 0 saturated carbocycles. The van der Waals surface area contributed by atoms with Crippen LogP contribution in [0.3, 0.4) is 0 Å². The van der Waals surface area contributed by atoms with E-state index in [0.717, 1.165) is 9.50 Å². The molecule has 1 rings (SSSR count). The average Bonchev–Trinajstić information content (AvgIpc) is 2.27. The summed E-state index contributed by atoms with van der Waals surface area (Å²) >= 11 is 4.93. The van der Waals surface area contributed by atoms with Crippen LogP contribution in [0, 0.1) is 11.3 Å². The van der Waals surface area contributed by atoms with E-state index in [1.54, 1.807) is 18.0 Å². The quantitative estimate of drug-likeness (QED) is 0.848. The van der Waals surface area contributed by atoms with Gasteiger partial charge >= 0.3 is 0 Å². The second kappa shape index (κ2) is 6.39. The van der Waals surface area contributed by atoms with Gasteiger partial charge in [0.15, 0.2) is 0 Å². The van der Waals surface area contributed by atoms with Gasteiger partial charge in [0, 0.05) is 22.5 Å². The molecule has 1 N–H and O–H groups in total. The summed E-state index contributed by atoms with van der Waals surface area (Å²) in [5, 5.41) is 13.4. The molecule has 0 aliphatic heterocycles. The average molecular weight is 314 g/mol. The molecule has 1 aromatic rings. The van der Waals surface area contributed by atoms with Gasteiger partial charge in [0.1, 0.15) is 5.54 Å². The summed E-state index contributed by atoms with van der Waals surface area (Å²) in [7, 11) is 0. The number of aromatic nitrogens is 1. The molecular formula is C12H16BrN3S. The zero-order valence-corrected chi connectivity index (χ0v) is 12.6. The van der Waals surface area contributed by atoms with Crippen molar-refractivity contribution >= 4 is 27.7 Å². The third-order valence-corrected chi connectivity index (χ3v) is 3.79. The van der Waals surface area contributed by atoms with Crippen LogP contribution in [0.1, 0.15) is 20.8 Å². The molecule has 1 atom stereocenters. The van der Waals surface area contributed by atoms with E-state index in [4.69, 9.17) is 0 Å². The third kappa shape index (κ3) is 5.07. The summed E-state index contributed by atoms with van der Waals surface area (Å²) in [5.41, 5.74) is -0.520. The maximum Gasteiger partial charge on any atom is 0.113 e. The molecule has 0 amide bonds. The maximum absolute atomic E-state index is 9.20. The van der Waals surface area contributed by atoms with Crippen molar-refractivity contribution < 1.29 is 0 Å². The second-order valence-electron chi connectivity index (χ2n) is 4.35. The molecule has 0 spiro atoms. The molecule has 1 unspecified atom stereocenters. The van der Waals surface area contributed by atoms with Crippen LogP contribution in [-0.4, -0.2) is 22.3 Å². The fourth-order valence-corrected chi connectivity index (χ4v) is 2.52. The summed E-state index contributed by atoms with van der Waals surface area (Å²) in [5.74, 6) is 0.677. The van der Waals surface area contributed by atoms with Crippen LogP contribution in [-0.2, 0) is 0 Å². The minimum Gasteiger partial charge on any atom is -0.297 e. The highest BCUT2D eigenvalue weighted by molar-refractivity contribution is 9.10. The van der Waals surface area contributed by atoms with Gasteiger partial charge in [-0.2, -0.15) is 5.26 Å². The Morgan fingerprint density at radius 2 is 2.29 bits per heavy atom. The molecule has 1 aromatic heterocycles. The van der Waals surface area contributed by atoms with Gasteiger partial charge in [-0.15, -0.1) is 11.8 Å². The van der Waals surface area contributed by atoms with E-state index in [2.05, 4.69) is 32.3 Å². The van der Waals surface area contributed by atoms with Crippen molar-refractivity contribution in [1.29, 1.82) is 5.26 Å². The Bertz CT molecular complexity index is 399. The number of pyridine rings is 1. The highest BCUT2D eigenvalue weighted by Gasteiger charge is 2.24. The molecular weight excluding hydrogens is 298 g/mol. The van der Waals surface area contributed by atoms with Crippen LogP contribution in [0.5, 0.6) is 0 Å². The SMILES string of the molecule is CC(C)NC(C)(C#N)CSc1ccc(Br)cn1. The lowest BCUT2D eigenvalue weighted by Crippen LogP contribution is -2.47. The molecule has 0 aromatic carbocycles. The first-order valence-electron chi connectivity index (χ1n) is 5.38. The van der Waals surface area contributed by atoms with E-state index in [1.807, 2.05) is 32.9 Å². The molecule has 17 heavy (non-hydrogen) atoms. The molecule has 3 nitrogen and oxygen atoms in total. The first-order chi connectivity index (χ1) is 7.95. The molecule has 0 aliphatic rings. The smallest absolute Gasteiger partial charge is 0.113 e. The molecule has 0 radical (unpaired) electrons. The molecule has 0 aliphatic carbocycles. The fraction of sp³-hybridized carbons (Fsp3) is 0.500. The number of hydrogen-bond donors (Lipinski definition) is 1. The molecule has 92 valence electrons. The second-order valence-corrected chi connectivity index (χ2v) is 6.26. The van der Waals surface area contributed by atoms with Gasteiger partial charge in [0.05, 0.1) is 11.1 Å². The summed E-state index contributed by atoms with van der Waals surface area (Å²) in [6.45, 7) is 6.00. The van der Waals surface area contributed by atoms with Crippen molar-refractivity contribution in [2.24, 2.45) is 0 Å². The van der Waals surface area contributed by atoms with Gasteiger partial charge in [-0.25, -0.2) is 4.98 Å². The zero-order valence-electron chi connectivity index (χ0n) is 10.2. The van der Waals surface area contributed by atoms with Crippen molar-refractivity contribution in [3.63, 3.8) is 0 Å². The monoisotopic (exact) mass is 313 g/mol. The van der Waals surface area contributed by atoms with Gasteiger partial charge in [-0.1, -0.05) is 0 Å². The van der Waals surface area contributed by atoms with Crippen LogP contribution in [0.4, 0.5) is 0 Å². The van der Waals surface area contributed by atoms with Crippen molar-refractivity contribution in [2.45, 2.75) is 37.4 Å². The Hall–Kier alpha value is -0.570. The van der Waals surface area contributed by atoms with Gasteiger partial charge in [-0.05, 0) is 48.8 Å². The van der Waals surface area contributed by atoms with Crippen molar-refractivity contribution in [2.75, 3.05) is 5.75 Å². The first kappa shape index (κ1) is 14.5. The number of thioether (sulfide) groups is 1. The van der Waals surface area contributed by atoms with Crippen LogP contribution >= 0.6 is 27.7 Å². The molecule has 0 saturated heterocycles. The van der Waals surface area contributed by atoms with Crippen molar-refractivity contribution in [3.8, 4) is 6.07 Å². The van der Waals surface area contributed by atoms with Gasteiger partial charge in [0.25, 0.3) is 0 Å². The van der Waals surface area contributed by atoms with Crippen molar-refractivity contribution in [3.05, 3.63) is 22.8 Å². The lowest BCUT2D eigenvalue weighted by atomic mass is 10.1.